The second-order valence-electron chi connectivity index (χ2n) is 3.85. The molecule has 1 aromatic carbocycles. The van der Waals surface area contributed by atoms with Gasteiger partial charge in [0, 0.05) is 0 Å². The van der Waals surface area contributed by atoms with Crippen LogP contribution in [0.3, 0.4) is 0 Å². The Morgan fingerprint density at radius 2 is 1.95 bits per heavy atom. The maximum absolute atomic E-state index is 11.8. The van der Waals surface area contributed by atoms with Gasteiger partial charge >= 0.3 is 11.9 Å². The molecule has 0 aliphatic heterocycles. The van der Waals surface area contributed by atoms with E-state index in [2.05, 4.69) is 10.1 Å². The van der Waals surface area contributed by atoms with Gasteiger partial charge in [-0.15, -0.1) is 0 Å². The third-order valence-electron chi connectivity index (χ3n) is 2.43. The van der Waals surface area contributed by atoms with Crippen LogP contribution < -0.4 is 5.32 Å². The lowest BCUT2D eigenvalue weighted by Crippen LogP contribution is -2.42. The Morgan fingerprint density at radius 1 is 1.30 bits per heavy atom. The van der Waals surface area contributed by atoms with Crippen LogP contribution in [0.4, 0.5) is 0 Å². The molecule has 1 amide bonds. The number of phenolic OH excluding ortho intramolecular Hbond substituents is 2. The van der Waals surface area contributed by atoms with Crippen molar-refractivity contribution < 1.29 is 34.4 Å². The predicted molar refractivity (Wildman–Crippen MR) is 65.3 cm³/mol. The first kappa shape index (κ1) is 15.3. The molecule has 0 saturated carbocycles. The van der Waals surface area contributed by atoms with Crippen LogP contribution in [-0.2, 0) is 14.3 Å². The van der Waals surface area contributed by atoms with Crippen molar-refractivity contribution in [1.82, 2.24) is 5.32 Å². The summed E-state index contributed by atoms with van der Waals surface area (Å²) in [7, 11) is 1.09. The third-order valence-corrected chi connectivity index (χ3v) is 2.43. The number of hydrogen-bond acceptors (Lipinski definition) is 6. The Morgan fingerprint density at radius 3 is 2.50 bits per heavy atom. The molecular formula is C12H13NO7. The fourth-order valence-electron chi connectivity index (χ4n) is 1.39. The van der Waals surface area contributed by atoms with Crippen LogP contribution in [0, 0.1) is 0 Å². The SMILES string of the molecule is COC(=O)C[C@H](NC(=O)c1cc(O)ccc1O)C(=O)O. The first-order valence-electron chi connectivity index (χ1n) is 5.47. The van der Waals surface area contributed by atoms with E-state index in [0.717, 1.165) is 25.3 Å². The Labute approximate surface area is 113 Å². The van der Waals surface area contributed by atoms with Gasteiger partial charge in [-0.05, 0) is 18.2 Å². The lowest BCUT2D eigenvalue weighted by Gasteiger charge is -2.14. The lowest BCUT2D eigenvalue weighted by molar-refractivity contribution is -0.147. The number of hydrogen-bond donors (Lipinski definition) is 4. The number of benzene rings is 1. The van der Waals surface area contributed by atoms with Gasteiger partial charge in [-0.1, -0.05) is 0 Å². The number of rotatable bonds is 5. The van der Waals surface area contributed by atoms with Gasteiger partial charge in [0.25, 0.3) is 5.91 Å². The molecule has 0 aliphatic rings. The van der Waals surface area contributed by atoms with Crippen LogP contribution in [0.2, 0.25) is 0 Å². The second kappa shape index (κ2) is 6.41. The Balaban J connectivity index is 2.88. The van der Waals surface area contributed by atoms with Crippen LogP contribution in [0.15, 0.2) is 18.2 Å². The highest BCUT2D eigenvalue weighted by atomic mass is 16.5. The van der Waals surface area contributed by atoms with Crippen molar-refractivity contribution in [2.75, 3.05) is 7.11 Å². The summed E-state index contributed by atoms with van der Waals surface area (Å²) in [6.45, 7) is 0. The van der Waals surface area contributed by atoms with Gasteiger partial charge in [-0.2, -0.15) is 0 Å². The number of aliphatic carboxylic acids is 1. The number of carboxylic acid groups (broad SMARTS) is 1. The van der Waals surface area contributed by atoms with Crippen LogP contribution in [0.25, 0.3) is 0 Å². The van der Waals surface area contributed by atoms with Crippen LogP contribution >= 0.6 is 0 Å². The molecule has 0 aliphatic carbocycles. The Bertz CT molecular complexity index is 541. The molecule has 8 heteroatoms. The molecule has 1 aromatic rings. The Hall–Kier alpha value is -2.77. The maximum Gasteiger partial charge on any atom is 0.326 e. The summed E-state index contributed by atoms with van der Waals surface area (Å²) in [6, 6.07) is 1.72. The fraction of sp³-hybridized carbons (Fsp3) is 0.250. The van der Waals surface area contributed by atoms with E-state index in [1.807, 2.05) is 0 Å². The van der Waals surface area contributed by atoms with Crippen molar-refractivity contribution in [2.45, 2.75) is 12.5 Å². The van der Waals surface area contributed by atoms with Crippen LogP contribution in [0.1, 0.15) is 16.8 Å². The van der Waals surface area contributed by atoms with Gasteiger partial charge in [0.2, 0.25) is 0 Å². The number of carbonyl (C=O) groups excluding carboxylic acids is 2. The minimum atomic E-state index is -1.50. The van der Waals surface area contributed by atoms with Crippen molar-refractivity contribution in [2.24, 2.45) is 0 Å². The summed E-state index contributed by atoms with van der Waals surface area (Å²) < 4.78 is 4.32. The number of methoxy groups -OCH3 is 1. The van der Waals surface area contributed by atoms with E-state index in [0.29, 0.717) is 0 Å². The summed E-state index contributed by atoms with van der Waals surface area (Å²) >= 11 is 0. The smallest absolute Gasteiger partial charge is 0.326 e. The number of esters is 1. The molecule has 0 unspecified atom stereocenters. The molecule has 0 saturated heterocycles. The number of aromatic hydroxyl groups is 2. The average molecular weight is 283 g/mol. The lowest BCUT2D eigenvalue weighted by atomic mass is 10.1. The van der Waals surface area contributed by atoms with Gasteiger partial charge < -0.3 is 25.4 Å². The van der Waals surface area contributed by atoms with Crippen molar-refractivity contribution >= 4 is 17.8 Å². The molecule has 0 aromatic heterocycles. The quantitative estimate of drug-likeness (QED) is 0.436. The van der Waals surface area contributed by atoms with Gasteiger partial charge in [-0.25, -0.2) is 4.79 Å². The standard InChI is InChI=1S/C12H13NO7/c1-20-10(16)5-8(12(18)19)13-11(17)7-4-6(14)2-3-9(7)15/h2-4,8,14-15H,5H2,1H3,(H,13,17)(H,18,19)/t8-/m0/s1. The zero-order chi connectivity index (χ0) is 15.3. The number of carboxylic acids is 1. The molecule has 1 atom stereocenters. The number of phenols is 2. The molecule has 4 N–H and O–H groups in total. The number of nitrogens with one attached hydrogen (secondary N) is 1. The maximum atomic E-state index is 11.8. The van der Waals surface area contributed by atoms with Crippen molar-refractivity contribution in [3.8, 4) is 11.5 Å². The van der Waals surface area contributed by atoms with E-state index < -0.39 is 36.1 Å². The van der Waals surface area contributed by atoms with E-state index in [1.54, 1.807) is 0 Å². The van der Waals surface area contributed by atoms with E-state index in [9.17, 15) is 24.6 Å². The number of amides is 1. The summed E-state index contributed by atoms with van der Waals surface area (Å²) in [4.78, 5) is 33.8. The van der Waals surface area contributed by atoms with Crippen molar-refractivity contribution in [1.29, 1.82) is 0 Å². The van der Waals surface area contributed by atoms with Crippen LogP contribution in [-0.4, -0.2) is 46.3 Å². The fourth-order valence-corrected chi connectivity index (χ4v) is 1.39. The van der Waals surface area contributed by atoms with E-state index in [-0.39, 0.29) is 11.3 Å². The molecule has 1 rings (SSSR count). The summed E-state index contributed by atoms with van der Waals surface area (Å²) in [6.07, 6.45) is -0.558. The number of ether oxygens (including phenoxy) is 1. The van der Waals surface area contributed by atoms with Gasteiger partial charge in [-0.3, -0.25) is 9.59 Å². The molecule has 0 heterocycles. The summed E-state index contributed by atoms with van der Waals surface area (Å²) in [5.41, 5.74) is -0.305. The van der Waals surface area contributed by atoms with Crippen molar-refractivity contribution in [3.05, 3.63) is 23.8 Å². The highest BCUT2D eigenvalue weighted by Gasteiger charge is 2.25. The zero-order valence-electron chi connectivity index (χ0n) is 10.5. The highest BCUT2D eigenvalue weighted by Crippen LogP contribution is 2.22. The first-order valence-corrected chi connectivity index (χ1v) is 5.47. The van der Waals surface area contributed by atoms with E-state index in [1.165, 1.54) is 0 Å². The molecule has 0 fully saturated rings. The molecule has 8 nitrogen and oxygen atoms in total. The molecule has 20 heavy (non-hydrogen) atoms. The Kier molecular flexibility index (Phi) is 4.90. The monoisotopic (exact) mass is 283 g/mol. The minimum Gasteiger partial charge on any atom is -0.508 e. The predicted octanol–water partition coefficient (Wildman–Crippen LogP) is -0.156. The molecule has 0 bridgehead atoms. The largest absolute Gasteiger partial charge is 0.508 e. The zero-order valence-corrected chi connectivity index (χ0v) is 10.5. The average Bonchev–Trinajstić information content (AvgIpc) is 2.40. The normalized spacial score (nSPS) is 11.4. The molecule has 0 radical (unpaired) electrons. The topological polar surface area (TPSA) is 133 Å². The molecular weight excluding hydrogens is 270 g/mol. The van der Waals surface area contributed by atoms with Gasteiger partial charge in [0.15, 0.2) is 0 Å². The summed E-state index contributed by atoms with van der Waals surface area (Å²) in [5.74, 6) is -3.87. The number of carbonyl (C=O) groups is 3. The second-order valence-corrected chi connectivity index (χ2v) is 3.85. The third kappa shape index (κ3) is 3.87. The molecule has 108 valence electrons. The van der Waals surface area contributed by atoms with Gasteiger partial charge in [0.1, 0.15) is 17.5 Å². The van der Waals surface area contributed by atoms with Gasteiger partial charge in [0.05, 0.1) is 19.1 Å². The highest BCUT2D eigenvalue weighted by molar-refractivity contribution is 5.99. The first-order chi connectivity index (χ1) is 9.35. The van der Waals surface area contributed by atoms with Crippen molar-refractivity contribution in [3.63, 3.8) is 0 Å². The molecule has 0 spiro atoms. The minimum absolute atomic E-state index is 0.271. The summed E-state index contributed by atoms with van der Waals surface area (Å²) in [5, 5.41) is 29.7. The van der Waals surface area contributed by atoms with E-state index in [4.69, 9.17) is 5.11 Å². The van der Waals surface area contributed by atoms with E-state index >= 15 is 0 Å². The van der Waals surface area contributed by atoms with Crippen LogP contribution in [0.5, 0.6) is 11.5 Å².